The molecule has 0 spiro atoms. The zero-order chi connectivity index (χ0) is 7.78. The number of hydrazone groups is 1. The second-order valence-electron chi connectivity index (χ2n) is 3.63. The summed E-state index contributed by atoms with van der Waals surface area (Å²) in [4.78, 5) is 2.19. The van der Waals surface area contributed by atoms with Crippen LogP contribution in [0, 0.1) is 0 Å². The molecule has 58 valence electrons. The standard InChI is InChI=1S/C7H15N3/c1-6-9-8-5-10(6)7(2,3)4/h5-6,9H,1-4H3. The summed E-state index contributed by atoms with van der Waals surface area (Å²) in [7, 11) is 0. The largest absolute Gasteiger partial charge is 0.335 e. The van der Waals surface area contributed by atoms with Gasteiger partial charge in [-0.3, -0.25) is 5.43 Å². The van der Waals surface area contributed by atoms with Crippen molar-refractivity contribution in [2.45, 2.75) is 39.4 Å². The van der Waals surface area contributed by atoms with Crippen molar-refractivity contribution in [1.82, 2.24) is 10.3 Å². The van der Waals surface area contributed by atoms with Gasteiger partial charge >= 0.3 is 0 Å². The first-order valence-corrected chi connectivity index (χ1v) is 3.59. The second kappa shape index (κ2) is 2.15. The topological polar surface area (TPSA) is 27.6 Å². The molecule has 0 aromatic heterocycles. The van der Waals surface area contributed by atoms with Crippen LogP contribution < -0.4 is 5.43 Å². The molecule has 0 bridgehead atoms. The minimum absolute atomic E-state index is 0.173. The fraction of sp³-hybridized carbons (Fsp3) is 0.857. The third-order valence-electron chi connectivity index (χ3n) is 1.64. The Balaban J connectivity index is 2.64. The molecule has 0 radical (unpaired) electrons. The van der Waals surface area contributed by atoms with Gasteiger partial charge in [-0.25, -0.2) is 0 Å². The molecule has 0 aliphatic carbocycles. The lowest BCUT2D eigenvalue weighted by molar-refractivity contribution is 0.190. The quantitative estimate of drug-likeness (QED) is 0.544. The molecule has 1 aliphatic rings. The Labute approximate surface area is 62.1 Å². The maximum Gasteiger partial charge on any atom is 0.114 e. The van der Waals surface area contributed by atoms with Gasteiger partial charge in [0.15, 0.2) is 0 Å². The molecule has 0 aromatic rings. The van der Waals surface area contributed by atoms with E-state index in [1.807, 2.05) is 6.34 Å². The van der Waals surface area contributed by atoms with Gasteiger partial charge in [0.1, 0.15) is 12.5 Å². The van der Waals surface area contributed by atoms with Crippen LogP contribution in [0.5, 0.6) is 0 Å². The van der Waals surface area contributed by atoms with E-state index in [9.17, 15) is 0 Å². The van der Waals surface area contributed by atoms with Crippen LogP contribution in [-0.4, -0.2) is 22.9 Å². The van der Waals surface area contributed by atoms with Gasteiger partial charge in [0.2, 0.25) is 0 Å². The molecule has 1 unspecified atom stereocenters. The van der Waals surface area contributed by atoms with Crippen molar-refractivity contribution in [1.29, 1.82) is 0 Å². The van der Waals surface area contributed by atoms with Crippen LogP contribution >= 0.6 is 0 Å². The Hall–Kier alpha value is -0.730. The van der Waals surface area contributed by atoms with E-state index < -0.39 is 0 Å². The van der Waals surface area contributed by atoms with Gasteiger partial charge in [-0.1, -0.05) is 0 Å². The van der Waals surface area contributed by atoms with Crippen molar-refractivity contribution in [3.05, 3.63) is 0 Å². The summed E-state index contributed by atoms with van der Waals surface area (Å²) < 4.78 is 0. The highest BCUT2D eigenvalue weighted by molar-refractivity contribution is 5.58. The molecule has 0 saturated heterocycles. The number of rotatable bonds is 0. The van der Waals surface area contributed by atoms with Crippen molar-refractivity contribution in [3.63, 3.8) is 0 Å². The van der Waals surface area contributed by atoms with E-state index in [0.717, 1.165) is 0 Å². The van der Waals surface area contributed by atoms with E-state index in [1.54, 1.807) is 0 Å². The highest BCUT2D eigenvalue weighted by atomic mass is 15.5. The van der Waals surface area contributed by atoms with E-state index in [-0.39, 0.29) is 5.54 Å². The first-order valence-electron chi connectivity index (χ1n) is 3.59. The molecule has 1 rings (SSSR count). The van der Waals surface area contributed by atoms with Gasteiger partial charge in [-0.15, -0.1) is 0 Å². The molecule has 1 N–H and O–H groups in total. The fourth-order valence-corrected chi connectivity index (χ4v) is 1.12. The molecule has 0 aromatic carbocycles. The molecule has 1 aliphatic heterocycles. The van der Waals surface area contributed by atoms with E-state index in [1.165, 1.54) is 0 Å². The molecule has 0 saturated carbocycles. The van der Waals surface area contributed by atoms with Crippen LogP contribution in [0.4, 0.5) is 0 Å². The van der Waals surface area contributed by atoms with Gasteiger partial charge in [0.25, 0.3) is 0 Å². The molecule has 1 atom stereocenters. The summed E-state index contributed by atoms with van der Waals surface area (Å²) >= 11 is 0. The number of nitrogens with zero attached hydrogens (tertiary/aromatic N) is 2. The first kappa shape index (κ1) is 7.38. The molecular formula is C7H15N3. The van der Waals surface area contributed by atoms with Gasteiger partial charge < -0.3 is 4.90 Å². The van der Waals surface area contributed by atoms with Crippen molar-refractivity contribution in [2.24, 2.45) is 5.10 Å². The molecule has 0 fully saturated rings. The van der Waals surface area contributed by atoms with Crippen LogP contribution in [0.1, 0.15) is 27.7 Å². The summed E-state index contributed by atoms with van der Waals surface area (Å²) in [6.07, 6.45) is 2.19. The van der Waals surface area contributed by atoms with Crippen molar-refractivity contribution < 1.29 is 0 Å². The van der Waals surface area contributed by atoms with Gasteiger partial charge in [-0.05, 0) is 27.7 Å². The smallest absolute Gasteiger partial charge is 0.114 e. The van der Waals surface area contributed by atoms with E-state index in [2.05, 4.69) is 43.1 Å². The van der Waals surface area contributed by atoms with E-state index >= 15 is 0 Å². The zero-order valence-electron chi connectivity index (χ0n) is 7.05. The minimum atomic E-state index is 0.173. The third kappa shape index (κ3) is 1.23. The summed E-state index contributed by atoms with van der Waals surface area (Å²) in [5.41, 5.74) is 3.14. The Morgan fingerprint density at radius 2 is 2.10 bits per heavy atom. The normalized spacial score (nSPS) is 25.2. The zero-order valence-corrected chi connectivity index (χ0v) is 7.05. The van der Waals surface area contributed by atoms with Gasteiger partial charge in [0, 0.05) is 5.54 Å². The van der Waals surface area contributed by atoms with Crippen molar-refractivity contribution in [2.75, 3.05) is 0 Å². The molecular weight excluding hydrogens is 126 g/mol. The Kier molecular flexibility index (Phi) is 1.58. The average Bonchev–Trinajstić information content (AvgIpc) is 2.11. The van der Waals surface area contributed by atoms with Crippen LogP contribution in [0.25, 0.3) is 0 Å². The Bertz CT molecular complexity index is 145. The van der Waals surface area contributed by atoms with Crippen LogP contribution in [-0.2, 0) is 0 Å². The van der Waals surface area contributed by atoms with Crippen LogP contribution in [0.3, 0.4) is 0 Å². The van der Waals surface area contributed by atoms with Gasteiger partial charge in [0.05, 0.1) is 0 Å². The maximum atomic E-state index is 3.96. The Morgan fingerprint density at radius 3 is 2.30 bits per heavy atom. The van der Waals surface area contributed by atoms with Crippen molar-refractivity contribution in [3.8, 4) is 0 Å². The highest BCUT2D eigenvalue weighted by Crippen LogP contribution is 2.15. The maximum absolute atomic E-state index is 3.96. The first-order chi connectivity index (χ1) is 4.52. The lowest BCUT2D eigenvalue weighted by Gasteiger charge is -2.34. The molecule has 3 heteroatoms. The molecule has 3 nitrogen and oxygen atoms in total. The molecule has 0 amide bonds. The summed E-state index contributed by atoms with van der Waals surface area (Å²) in [6.45, 7) is 8.60. The predicted molar refractivity (Wildman–Crippen MR) is 42.7 cm³/mol. The molecule has 10 heavy (non-hydrogen) atoms. The fourth-order valence-electron chi connectivity index (χ4n) is 1.12. The summed E-state index contributed by atoms with van der Waals surface area (Å²) in [6, 6.07) is 0. The Morgan fingerprint density at radius 1 is 1.50 bits per heavy atom. The van der Waals surface area contributed by atoms with Crippen LogP contribution in [0.2, 0.25) is 0 Å². The predicted octanol–water partition coefficient (Wildman–Crippen LogP) is 0.979. The van der Waals surface area contributed by atoms with Crippen molar-refractivity contribution >= 4 is 6.34 Å². The summed E-state index contributed by atoms with van der Waals surface area (Å²) in [5.74, 6) is 0. The lowest BCUT2D eigenvalue weighted by Crippen LogP contribution is -2.46. The third-order valence-corrected chi connectivity index (χ3v) is 1.64. The van der Waals surface area contributed by atoms with Gasteiger partial charge in [-0.2, -0.15) is 5.10 Å². The highest BCUT2D eigenvalue weighted by Gasteiger charge is 2.25. The SMILES string of the molecule is CC1NN=CN1C(C)(C)C. The summed E-state index contributed by atoms with van der Waals surface area (Å²) in [5, 5.41) is 3.96. The number of hydrogen-bond acceptors (Lipinski definition) is 3. The number of hydrogen-bond donors (Lipinski definition) is 1. The van der Waals surface area contributed by atoms with E-state index in [0.29, 0.717) is 6.17 Å². The lowest BCUT2D eigenvalue weighted by atomic mass is 10.1. The number of nitrogens with one attached hydrogen (secondary N) is 1. The monoisotopic (exact) mass is 141 g/mol. The minimum Gasteiger partial charge on any atom is -0.335 e. The van der Waals surface area contributed by atoms with E-state index in [4.69, 9.17) is 0 Å². The second-order valence-corrected chi connectivity index (χ2v) is 3.63. The molecule has 1 heterocycles. The van der Waals surface area contributed by atoms with Crippen LogP contribution in [0.15, 0.2) is 5.10 Å². The average molecular weight is 141 g/mol.